The van der Waals surface area contributed by atoms with Gasteiger partial charge in [-0.25, -0.2) is 0 Å². The minimum absolute atomic E-state index is 0.0695. The Kier molecular flexibility index (Phi) is 7.80. The number of hydrogen-bond acceptors (Lipinski definition) is 0. The lowest BCUT2D eigenvalue weighted by molar-refractivity contribution is 0.660. The molecule has 0 atom stereocenters. The van der Waals surface area contributed by atoms with Crippen molar-refractivity contribution < 1.29 is 0 Å². The zero-order valence-electron chi connectivity index (χ0n) is 36.6. The number of hydrogen-bond donors (Lipinski definition) is 0. The van der Waals surface area contributed by atoms with Crippen LogP contribution in [-0.2, 0) is 10.8 Å². The van der Waals surface area contributed by atoms with E-state index in [-0.39, 0.29) is 10.8 Å². The molecule has 11 aromatic rings. The van der Waals surface area contributed by atoms with Crippen molar-refractivity contribution in [2.24, 2.45) is 0 Å². The predicted molar refractivity (Wildman–Crippen MR) is 273 cm³/mol. The van der Waals surface area contributed by atoms with Crippen LogP contribution in [-0.4, -0.2) is 0 Å². The van der Waals surface area contributed by atoms with Crippen LogP contribution >= 0.6 is 0 Å². The van der Waals surface area contributed by atoms with Gasteiger partial charge >= 0.3 is 0 Å². The van der Waals surface area contributed by atoms with Crippen LogP contribution in [0.1, 0.15) is 49.9 Å². The van der Waals surface area contributed by atoms with E-state index in [0.29, 0.717) is 0 Å². The normalized spacial score (nSPS) is 14.2. The third-order valence-corrected chi connectivity index (χ3v) is 15.0. The molecule has 0 saturated heterocycles. The molecule has 0 heteroatoms. The molecule has 0 heterocycles. The Morgan fingerprint density at radius 2 is 0.734 bits per heavy atom. The highest BCUT2D eigenvalue weighted by atomic mass is 14.4. The lowest BCUT2D eigenvalue weighted by atomic mass is 9.79. The fourth-order valence-corrected chi connectivity index (χ4v) is 11.8. The fraction of sp³-hybridized carbons (Fsp3) is 0.0938. The van der Waals surface area contributed by atoms with Gasteiger partial charge in [-0.05, 0) is 169 Å². The molecule has 0 aromatic heterocycles. The Balaban J connectivity index is 1.19. The monoisotopic (exact) mass is 814 g/mol. The van der Waals surface area contributed by atoms with Crippen LogP contribution in [0, 0.1) is 0 Å². The van der Waals surface area contributed by atoms with Gasteiger partial charge in [-0.2, -0.15) is 0 Å². The molecular weight excluding hydrogens is 769 g/mol. The van der Waals surface area contributed by atoms with E-state index in [1.807, 2.05) is 0 Å². The lowest BCUT2D eigenvalue weighted by Gasteiger charge is -2.24. The van der Waals surface area contributed by atoms with Gasteiger partial charge in [-0.1, -0.05) is 198 Å². The molecule has 302 valence electrons. The van der Waals surface area contributed by atoms with Crippen LogP contribution < -0.4 is 0 Å². The van der Waals surface area contributed by atoms with Crippen molar-refractivity contribution in [3.05, 3.63) is 229 Å². The summed E-state index contributed by atoms with van der Waals surface area (Å²) in [5.41, 5.74) is 20.7. The summed E-state index contributed by atoms with van der Waals surface area (Å²) in [6.45, 7) is 9.53. The van der Waals surface area contributed by atoms with E-state index in [2.05, 4.69) is 234 Å². The number of fused-ring (bicyclic) bond motifs is 11. The zero-order valence-corrected chi connectivity index (χ0v) is 36.6. The first-order valence-corrected chi connectivity index (χ1v) is 22.7. The van der Waals surface area contributed by atoms with E-state index >= 15 is 0 Å². The highest BCUT2D eigenvalue weighted by Crippen LogP contribution is 2.54. The molecule has 13 rings (SSSR count). The average Bonchev–Trinajstić information content (AvgIpc) is 3.71. The average molecular weight is 815 g/mol. The second kappa shape index (κ2) is 13.5. The smallest absolute Gasteiger partial charge is 0.0159 e. The Labute approximate surface area is 375 Å². The van der Waals surface area contributed by atoms with Gasteiger partial charge in [0, 0.05) is 10.8 Å². The van der Waals surface area contributed by atoms with E-state index in [1.165, 1.54) is 132 Å². The molecule has 0 unspecified atom stereocenters. The lowest BCUT2D eigenvalue weighted by Crippen LogP contribution is -2.14. The zero-order chi connectivity index (χ0) is 42.9. The van der Waals surface area contributed by atoms with Gasteiger partial charge in [-0.15, -0.1) is 0 Å². The number of rotatable bonds is 4. The summed E-state index contributed by atoms with van der Waals surface area (Å²) in [6.07, 6.45) is 0. The summed E-state index contributed by atoms with van der Waals surface area (Å²) in [6, 6.07) is 78.1. The molecule has 2 aliphatic rings. The molecule has 0 bridgehead atoms. The molecule has 0 saturated carbocycles. The Morgan fingerprint density at radius 1 is 0.234 bits per heavy atom. The molecule has 0 fully saturated rings. The summed E-state index contributed by atoms with van der Waals surface area (Å²) in [5, 5.41) is 10.1. The van der Waals surface area contributed by atoms with Gasteiger partial charge in [0.15, 0.2) is 0 Å². The van der Waals surface area contributed by atoms with Crippen LogP contribution in [0.4, 0.5) is 0 Å². The molecule has 0 radical (unpaired) electrons. The van der Waals surface area contributed by atoms with Crippen molar-refractivity contribution in [2.75, 3.05) is 0 Å². The molecule has 0 nitrogen and oxygen atoms in total. The first-order valence-electron chi connectivity index (χ1n) is 22.7. The van der Waals surface area contributed by atoms with Gasteiger partial charge in [0.1, 0.15) is 0 Å². The summed E-state index contributed by atoms with van der Waals surface area (Å²) in [5.74, 6) is 0. The van der Waals surface area contributed by atoms with E-state index in [9.17, 15) is 0 Å². The maximum absolute atomic E-state index is 2.55. The molecule has 0 aliphatic heterocycles. The van der Waals surface area contributed by atoms with Gasteiger partial charge < -0.3 is 0 Å². The van der Waals surface area contributed by atoms with E-state index < -0.39 is 0 Å². The van der Waals surface area contributed by atoms with Gasteiger partial charge in [0.2, 0.25) is 0 Å². The van der Waals surface area contributed by atoms with Crippen molar-refractivity contribution in [1.82, 2.24) is 0 Å². The molecule has 0 amide bonds. The fourth-order valence-electron chi connectivity index (χ4n) is 11.8. The van der Waals surface area contributed by atoms with Crippen molar-refractivity contribution in [3.63, 3.8) is 0 Å². The maximum atomic E-state index is 2.55. The first-order chi connectivity index (χ1) is 31.3. The summed E-state index contributed by atoms with van der Waals surface area (Å²) < 4.78 is 0. The third-order valence-electron chi connectivity index (χ3n) is 15.0. The van der Waals surface area contributed by atoms with Crippen LogP contribution in [0.5, 0.6) is 0 Å². The van der Waals surface area contributed by atoms with Gasteiger partial charge in [0.05, 0.1) is 0 Å². The molecule has 64 heavy (non-hydrogen) atoms. The Morgan fingerprint density at radius 3 is 1.42 bits per heavy atom. The molecule has 2 aliphatic carbocycles. The quantitative estimate of drug-likeness (QED) is 0.123. The Hall–Kier alpha value is -7.54. The summed E-state index contributed by atoms with van der Waals surface area (Å²) in [4.78, 5) is 0. The SMILES string of the molecule is CC1(C)c2ccccc2-c2cc(-c3c4ccccc4c(-c4ccc5c(c4)C(C)(C)c4ccccc4-5)c4cc5c(cc34)c(-c3ccccc3)cc3ccc(-c4ccccc4)cc35)ccc21. The highest BCUT2D eigenvalue weighted by molar-refractivity contribution is 6.27. The minimum atomic E-state index is -0.122. The second-order valence-corrected chi connectivity index (χ2v) is 19.2. The maximum Gasteiger partial charge on any atom is 0.0159 e. The molecule has 0 spiro atoms. The van der Waals surface area contributed by atoms with E-state index in [0.717, 1.165) is 0 Å². The molecule has 11 aromatic carbocycles. The minimum Gasteiger partial charge on any atom is -0.0622 e. The first kappa shape index (κ1) is 37.1. The van der Waals surface area contributed by atoms with Crippen LogP contribution in [0.2, 0.25) is 0 Å². The van der Waals surface area contributed by atoms with E-state index in [1.54, 1.807) is 0 Å². The molecular formula is C64H46. The Bertz CT molecular complexity index is 3750. The second-order valence-electron chi connectivity index (χ2n) is 19.2. The number of benzene rings is 11. The van der Waals surface area contributed by atoms with Crippen molar-refractivity contribution in [3.8, 4) is 66.8 Å². The summed E-state index contributed by atoms with van der Waals surface area (Å²) >= 11 is 0. The van der Waals surface area contributed by atoms with Gasteiger partial charge in [0.25, 0.3) is 0 Å². The molecule has 0 N–H and O–H groups in total. The van der Waals surface area contributed by atoms with Crippen LogP contribution in [0.15, 0.2) is 206 Å². The summed E-state index contributed by atoms with van der Waals surface area (Å²) in [7, 11) is 0. The highest BCUT2D eigenvalue weighted by Gasteiger charge is 2.37. The van der Waals surface area contributed by atoms with E-state index in [4.69, 9.17) is 0 Å². The van der Waals surface area contributed by atoms with Gasteiger partial charge in [-0.3, -0.25) is 0 Å². The van der Waals surface area contributed by atoms with Crippen molar-refractivity contribution in [1.29, 1.82) is 0 Å². The topological polar surface area (TPSA) is 0 Å². The van der Waals surface area contributed by atoms with Crippen LogP contribution in [0.3, 0.4) is 0 Å². The van der Waals surface area contributed by atoms with Crippen molar-refractivity contribution >= 4 is 43.1 Å². The third kappa shape index (κ3) is 5.23. The largest absolute Gasteiger partial charge is 0.0622 e. The van der Waals surface area contributed by atoms with Crippen molar-refractivity contribution in [2.45, 2.75) is 38.5 Å². The van der Waals surface area contributed by atoms with Crippen LogP contribution in [0.25, 0.3) is 110 Å². The predicted octanol–water partition coefficient (Wildman–Crippen LogP) is 17.6. The standard InChI is InChI=1S/C64H46/c1-63(2)58-26-16-14-22-46(58)54-35-43(30-32-59(54)63)61-48-23-11-12-24-49(48)62(44-29-31-47-45-21-13-15-25-57(45)64(3,4)60(47)36-44)56-38-53-51-33-41(39-17-7-5-8-18-39)27-28-42(51)34-50(52(53)37-55(56)61)40-19-9-6-10-20-40/h5-38H,1-4H3.